The lowest BCUT2D eigenvalue weighted by Gasteiger charge is -2.13. The number of rotatable bonds is 4. The Morgan fingerprint density at radius 2 is 2.14 bits per heavy atom. The SMILES string of the molecule is O=C(Nc1cccc(OCC(F)(F)F)c1)C1CC(F)(F)CN1. The van der Waals surface area contributed by atoms with Crippen LogP contribution < -0.4 is 15.4 Å². The molecule has 0 spiro atoms. The lowest BCUT2D eigenvalue weighted by Crippen LogP contribution is -2.35. The number of ether oxygens (including phenoxy) is 1. The first-order valence-electron chi connectivity index (χ1n) is 6.36. The van der Waals surface area contributed by atoms with Crippen molar-refractivity contribution in [1.82, 2.24) is 5.32 Å². The summed E-state index contributed by atoms with van der Waals surface area (Å²) in [6.07, 6.45) is -5.10. The van der Waals surface area contributed by atoms with E-state index >= 15 is 0 Å². The number of alkyl halides is 5. The van der Waals surface area contributed by atoms with Gasteiger partial charge in [0.2, 0.25) is 5.91 Å². The Morgan fingerprint density at radius 3 is 2.73 bits per heavy atom. The van der Waals surface area contributed by atoms with Gasteiger partial charge >= 0.3 is 6.18 Å². The van der Waals surface area contributed by atoms with Crippen molar-refractivity contribution in [3.63, 3.8) is 0 Å². The molecule has 1 saturated heterocycles. The van der Waals surface area contributed by atoms with Crippen molar-refractivity contribution >= 4 is 11.6 Å². The standard InChI is InChI=1S/C13H13F5N2O2/c14-12(15)5-10(19-6-12)11(21)20-8-2-1-3-9(4-8)22-7-13(16,17)18/h1-4,10,19H,5-7H2,(H,20,21). The summed E-state index contributed by atoms with van der Waals surface area (Å²) in [4.78, 5) is 11.8. The molecule has 0 bridgehead atoms. The second-order valence-corrected chi connectivity index (χ2v) is 4.91. The fraction of sp³-hybridized carbons (Fsp3) is 0.462. The minimum absolute atomic E-state index is 0.0835. The maximum absolute atomic E-state index is 13.0. The molecule has 1 aliphatic heterocycles. The molecule has 1 amide bonds. The fourth-order valence-electron chi connectivity index (χ4n) is 1.96. The van der Waals surface area contributed by atoms with Gasteiger partial charge < -0.3 is 10.1 Å². The Balaban J connectivity index is 1.94. The Hall–Kier alpha value is -1.90. The number of halogens is 5. The molecular weight excluding hydrogens is 311 g/mol. The summed E-state index contributed by atoms with van der Waals surface area (Å²) in [5.74, 6) is -3.70. The van der Waals surface area contributed by atoms with Crippen LogP contribution in [0, 0.1) is 0 Å². The van der Waals surface area contributed by atoms with Crippen LogP contribution in [0.4, 0.5) is 27.6 Å². The normalized spacial score (nSPS) is 20.7. The molecule has 1 aromatic rings. The molecule has 1 unspecified atom stereocenters. The van der Waals surface area contributed by atoms with Crippen molar-refractivity contribution in [2.45, 2.75) is 24.6 Å². The van der Waals surface area contributed by atoms with E-state index < -0.39 is 43.6 Å². The summed E-state index contributed by atoms with van der Waals surface area (Å²) >= 11 is 0. The Morgan fingerprint density at radius 1 is 1.41 bits per heavy atom. The summed E-state index contributed by atoms with van der Waals surface area (Å²) in [5.41, 5.74) is 0.168. The highest BCUT2D eigenvalue weighted by Gasteiger charge is 2.42. The van der Waals surface area contributed by atoms with Crippen LogP contribution in [-0.2, 0) is 4.79 Å². The quantitative estimate of drug-likeness (QED) is 0.837. The largest absolute Gasteiger partial charge is 0.484 e. The minimum atomic E-state index is -4.47. The van der Waals surface area contributed by atoms with Crippen molar-refractivity contribution in [3.8, 4) is 5.75 Å². The zero-order chi connectivity index (χ0) is 16.4. The zero-order valence-corrected chi connectivity index (χ0v) is 11.2. The predicted molar refractivity (Wildman–Crippen MR) is 68.0 cm³/mol. The van der Waals surface area contributed by atoms with Crippen LogP contribution in [0.3, 0.4) is 0 Å². The van der Waals surface area contributed by atoms with Gasteiger partial charge in [0, 0.05) is 18.2 Å². The molecule has 0 aliphatic carbocycles. The molecule has 22 heavy (non-hydrogen) atoms. The van der Waals surface area contributed by atoms with Crippen molar-refractivity contribution in [2.75, 3.05) is 18.5 Å². The molecule has 122 valence electrons. The molecule has 0 saturated carbocycles. The first kappa shape index (κ1) is 16.5. The highest BCUT2D eigenvalue weighted by Crippen LogP contribution is 2.26. The molecule has 1 heterocycles. The number of nitrogens with one attached hydrogen (secondary N) is 2. The van der Waals surface area contributed by atoms with E-state index in [1.807, 2.05) is 0 Å². The fourth-order valence-corrected chi connectivity index (χ4v) is 1.96. The molecule has 2 N–H and O–H groups in total. The van der Waals surface area contributed by atoms with Crippen LogP contribution in [-0.4, -0.2) is 37.2 Å². The van der Waals surface area contributed by atoms with Crippen molar-refractivity contribution in [2.24, 2.45) is 0 Å². The lowest BCUT2D eigenvalue weighted by atomic mass is 10.2. The first-order valence-corrected chi connectivity index (χ1v) is 6.36. The van der Waals surface area contributed by atoms with Crippen LogP contribution in [0.25, 0.3) is 0 Å². The summed E-state index contributed by atoms with van der Waals surface area (Å²) in [5, 5.41) is 4.75. The van der Waals surface area contributed by atoms with Crippen LogP contribution >= 0.6 is 0 Å². The summed E-state index contributed by atoms with van der Waals surface area (Å²) in [7, 11) is 0. The average molecular weight is 324 g/mol. The third-order valence-corrected chi connectivity index (χ3v) is 2.93. The van der Waals surface area contributed by atoms with Crippen molar-refractivity contribution in [3.05, 3.63) is 24.3 Å². The Labute approximate surface area is 122 Å². The van der Waals surface area contributed by atoms with E-state index in [0.29, 0.717) is 0 Å². The van der Waals surface area contributed by atoms with Crippen LogP contribution in [0.2, 0.25) is 0 Å². The molecular formula is C13H13F5N2O2. The highest BCUT2D eigenvalue weighted by atomic mass is 19.4. The van der Waals surface area contributed by atoms with Crippen LogP contribution in [0.15, 0.2) is 24.3 Å². The van der Waals surface area contributed by atoms with Gasteiger partial charge in [-0.25, -0.2) is 8.78 Å². The second-order valence-electron chi connectivity index (χ2n) is 4.91. The summed E-state index contributed by atoms with van der Waals surface area (Å²) < 4.78 is 66.7. The van der Waals surface area contributed by atoms with Gasteiger partial charge in [0.15, 0.2) is 6.61 Å². The van der Waals surface area contributed by atoms with E-state index in [0.717, 1.165) is 0 Å². The van der Waals surface area contributed by atoms with Crippen molar-refractivity contribution < 1.29 is 31.5 Å². The van der Waals surface area contributed by atoms with Gasteiger partial charge in [-0.3, -0.25) is 10.1 Å². The van der Waals surface area contributed by atoms with Crippen LogP contribution in [0.1, 0.15) is 6.42 Å². The van der Waals surface area contributed by atoms with E-state index in [9.17, 15) is 26.7 Å². The summed E-state index contributed by atoms with van der Waals surface area (Å²) in [6, 6.07) is 4.25. The number of amides is 1. The third kappa shape index (κ3) is 4.83. The van der Waals surface area contributed by atoms with E-state index in [1.165, 1.54) is 24.3 Å². The van der Waals surface area contributed by atoms with E-state index in [2.05, 4.69) is 15.4 Å². The second kappa shape index (κ2) is 6.07. The van der Waals surface area contributed by atoms with Gasteiger partial charge in [0.25, 0.3) is 5.92 Å². The molecule has 9 heteroatoms. The highest BCUT2D eigenvalue weighted by molar-refractivity contribution is 5.95. The number of benzene rings is 1. The van der Waals surface area contributed by atoms with E-state index in [4.69, 9.17) is 0 Å². The molecule has 1 aromatic carbocycles. The maximum Gasteiger partial charge on any atom is 0.422 e. The number of hydrogen-bond donors (Lipinski definition) is 2. The molecule has 1 atom stereocenters. The van der Waals surface area contributed by atoms with Crippen LogP contribution in [0.5, 0.6) is 5.75 Å². The van der Waals surface area contributed by atoms with Gasteiger partial charge in [-0.2, -0.15) is 13.2 Å². The molecule has 0 radical (unpaired) electrons. The van der Waals surface area contributed by atoms with Crippen molar-refractivity contribution in [1.29, 1.82) is 0 Å². The monoisotopic (exact) mass is 324 g/mol. The molecule has 4 nitrogen and oxygen atoms in total. The minimum Gasteiger partial charge on any atom is -0.484 e. The van der Waals surface area contributed by atoms with E-state index in [-0.39, 0.29) is 11.4 Å². The van der Waals surface area contributed by atoms with E-state index in [1.54, 1.807) is 0 Å². The molecule has 1 fully saturated rings. The molecule has 0 aromatic heterocycles. The average Bonchev–Trinajstić information content (AvgIpc) is 2.77. The number of carbonyl (C=O) groups excluding carboxylic acids is 1. The Kier molecular flexibility index (Phi) is 4.55. The number of hydrogen-bond acceptors (Lipinski definition) is 3. The molecule has 2 rings (SSSR count). The third-order valence-electron chi connectivity index (χ3n) is 2.93. The van der Waals surface area contributed by atoms with Gasteiger partial charge in [-0.15, -0.1) is 0 Å². The van der Waals surface area contributed by atoms with Gasteiger partial charge in [0.05, 0.1) is 12.6 Å². The van der Waals surface area contributed by atoms with Gasteiger partial charge in [-0.05, 0) is 12.1 Å². The maximum atomic E-state index is 13.0. The van der Waals surface area contributed by atoms with Gasteiger partial charge in [0.1, 0.15) is 5.75 Å². The number of anilines is 1. The first-order chi connectivity index (χ1) is 10.1. The summed E-state index contributed by atoms with van der Waals surface area (Å²) in [6.45, 7) is -2.04. The van der Waals surface area contributed by atoms with Gasteiger partial charge in [-0.1, -0.05) is 6.07 Å². The topological polar surface area (TPSA) is 50.4 Å². The Bertz CT molecular complexity index is 547. The zero-order valence-electron chi connectivity index (χ0n) is 11.2. The smallest absolute Gasteiger partial charge is 0.422 e. The lowest BCUT2D eigenvalue weighted by molar-refractivity contribution is -0.153. The number of carbonyl (C=O) groups is 1. The predicted octanol–water partition coefficient (Wildman–Crippen LogP) is 2.56. The molecule has 1 aliphatic rings.